The van der Waals surface area contributed by atoms with Gasteiger partial charge < -0.3 is 10.2 Å². The van der Waals surface area contributed by atoms with Crippen molar-refractivity contribution in [2.45, 2.75) is 38.6 Å². The molecule has 2 nitrogen and oxygen atoms in total. The highest BCUT2D eigenvalue weighted by Gasteiger charge is 2.05. The summed E-state index contributed by atoms with van der Waals surface area (Å²) in [6, 6.07) is 6.22. The summed E-state index contributed by atoms with van der Waals surface area (Å²) in [5, 5.41) is 4.29. The standard InChI is InChI=1S/C16H27ClN2S/c1-4-9-18-13-14-7-8-15(17)12-16(14)20-11-10-19(5-2)6-3/h7-8,12,18H,4-6,9-11,13H2,1-3H3. The van der Waals surface area contributed by atoms with E-state index in [2.05, 4.69) is 43.1 Å². The number of hydrogen-bond donors (Lipinski definition) is 1. The first-order valence-electron chi connectivity index (χ1n) is 7.55. The van der Waals surface area contributed by atoms with Crippen molar-refractivity contribution in [2.24, 2.45) is 0 Å². The molecule has 0 amide bonds. The van der Waals surface area contributed by atoms with Gasteiger partial charge in [0, 0.05) is 28.8 Å². The topological polar surface area (TPSA) is 15.3 Å². The second kappa shape index (κ2) is 10.5. The number of nitrogens with one attached hydrogen (secondary N) is 1. The maximum absolute atomic E-state index is 6.13. The first kappa shape index (κ1) is 17.8. The van der Waals surface area contributed by atoms with Crippen LogP contribution in [0.2, 0.25) is 5.02 Å². The fraction of sp³-hybridized carbons (Fsp3) is 0.625. The number of rotatable bonds is 10. The van der Waals surface area contributed by atoms with E-state index < -0.39 is 0 Å². The van der Waals surface area contributed by atoms with Crippen LogP contribution in [0.3, 0.4) is 0 Å². The van der Waals surface area contributed by atoms with Crippen LogP contribution in [0.5, 0.6) is 0 Å². The Bertz CT molecular complexity index is 381. The van der Waals surface area contributed by atoms with Crippen LogP contribution in [-0.4, -0.2) is 36.8 Å². The van der Waals surface area contributed by atoms with Crippen molar-refractivity contribution in [2.75, 3.05) is 31.9 Å². The van der Waals surface area contributed by atoms with Gasteiger partial charge in [-0.3, -0.25) is 0 Å². The number of nitrogens with zero attached hydrogens (tertiary/aromatic N) is 1. The van der Waals surface area contributed by atoms with Crippen molar-refractivity contribution in [3.63, 3.8) is 0 Å². The Morgan fingerprint density at radius 1 is 1.20 bits per heavy atom. The predicted octanol–water partition coefficient (Wildman–Crippen LogP) is 4.27. The Hall–Kier alpha value is -0.220. The van der Waals surface area contributed by atoms with E-state index in [0.29, 0.717) is 0 Å². The summed E-state index contributed by atoms with van der Waals surface area (Å²) in [7, 11) is 0. The monoisotopic (exact) mass is 314 g/mol. The Labute approximate surface area is 133 Å². The first-order chi connectivity index (χ1) is 9.71. The van der Waals surface area contributed by atoms with E-state index in [9.17, 15) is 0 Å². The van der Waals surface area contributed by atoms with Gasteiger partial charge in [-0.25, -0.2) is 0 Å². The molecule has 1 N–H and O–H groups in total. The predicted molar refractivity (Wildman–Crippen MR) is 92.0 cm³/mol. The molecule has 0 saturated heterocycles. The van der Waals surface area contributed by atoms with Crippen molar-refractivity contribution < 1.29 is 0 Å². The largest absolute Gasteiger partial charge is 0.313 e. The van der Waals surface area contributed by atoms with Crippen LogP contribution in [0.4, 0.5) is 0 Å². The second-order valence-corrected chi connectivity index (χ2v) is 6.38. The molecular weight excluding hydrogens is 288 g/mol. The summed E-state index contributed by atoms with van der Waals surface area (Å²) in [4.78, 5) is 3.76. The lowest BCUT2D eigenvalue weighted by Gasteiger charge is -2.18. The van der Waals surface area contributed by atoms with E-state index in [1.807, 2.05) is 17.8 Å². The molecular formula is C16H27ClN2S. The van der Waals surface area contributed by atoms with Crippen LogP contribution in [0.1, 0.15) is 32.8 Å². The van der Waals surface area contributed by atoms with Gasteiger partial charge in [0.2, 0.25) is 0 Å². The molecule has 0 spiro atoms. The van der Waals surface area contributed by atoms with Crippen LogP contribution >= 0.6 is 23.4 Å². The van der Waals surface area contributed by atoms with E-state index in [4.69, 9.17) is 11.6 Å². The van der Waals surface area contributed by atoms with E-state index in [1.165, 1.54) is 10.5 Å². The molecule has 1 aromatic rings. The summed E-state index contributed by atoms with van der Waals surface area (Å²) in [6.45, 7) is 12.0. The van der Waals surface area contributed by atoms with Gasteiger partial charge in [0.15, 0.2) is 0 Å². The van der Waals surface area contributed by atoms with E-state index in [0.717, 1.165) is 49.9 Å². The van der Waals surface area contributed by atoms with Crippen molar-refractivity contribution in [1.82, 2.24) is 10.2 Å². The maximum Gasteiger partial charge on any atom is 0.0417 e. The zero-order chi connectivity index (χ0) is 14.8. The van der Waals surface area contributed by atoms with E-state index in [1.54, 1.807) is 0 Å². The molecule has 4 heteroatoms. The van der Waals surface area contributed by atoms with Gasteiger partial charge >= 0.3 is 0 Å². The smallest absolute Gasteiger partial charge is 0.0417 e. The molecule has 1 aromatic carbocycles. The minimum Gasteiger partial charge on any atom is -0.313 e. The van der Waals surface area contributed by atoms with Gasteiger partial charge in [-0.2, -0.15) is 0 Å². The normalized spacial score (nSPS) is 11.2. The highest BCUT2D eigenvalue weighted by atomic mass is 35.5. The molecule has 0 radical (unpaired) electrons. The molecule has 0 aliphatic heterocycles. The van der Waals surface area contributed by atoms with Crippen LogP contribution in [-0.2, 0) is 6.54 Å². The van der Waals surface area contributed by atoms with E-state index >= 15 is 0 Å². The molecule has 0 unspecified atom stereocenters. The summed E-state index contributed by atoms with van der Waals surface area (Å²) in [6.07, 6.45) is 1.16. The van der Waals surface area contributed by atoms with Crippen molar-refractivity contribution in [3.05, 3.63) is 28.8 Å². The minimum absolute atomic E-state index is 0.828. The molecule has 1 rings (SSSR count). The van der Waals surface area contributed by atoms with E-state index in [-0.39, 0.29) is 0 Å². The Morgan fingerprint density at radius 2 is 1.95 bits per heavy atom. The van der Waals surface area contributed by atoms with Crippen LogP contribution in [0.15, 0.2) is 23.1 Å². The third-order valence-corrected chi connectivity index (χ3v) is 4.64. The third kappa shape index (κ3) is 6.49. The average Bonchev–Trinajstić information content (AvgIpc) is 2.46. The highest BCUT2D eigenvalue weighted by Crippen LogP contribution is 2.26. The number of halogens is 1. The molecule has 0 saturated carbocycles. The molecule has 0 atom stereocenters. The van der Waals surface area contributed by atoms with Crippen molar-refractivity contribution in [1.29, 1.82) is 0 Å². The molecule has 20 heavy (non-hydrogen) atoms. The zero-order valence-electron chi connectivity index (χ0n) is 12.9. The molecule has 0 aliphatic rings. The number of benzene rings is 1. The van der Waals surface area contributed by atoms with Crippen LogP contribution in [0.25, 0.3) is 0 Å². The summed E-state index contributed by atoms with van der Waals surface area (Å²) < 4.78 is 0. The van der Waals surface area contributed by atoms with Crippen molar-refractivity contribution in [3.8, 4) is 0 Å². The quantitative estimate of drug-likeness (QED) is 0.513. The molecule has 0 bridgehead atoms. The third-order valence-electron chi connectivity index (χ3n) is 3.33. The maximum atomic E-state index is 6.13. The fourth-order valence-corrected chi connectivity index (χ4v) is 3.38. The number of thioether (sulfide) groups is 1. The second-order valence-electron chi connectivity index (χ2n) is 4.80. The molecule has 0 heterocycles. The first-order valence-corrected chi connectivity index (χ1v) is 8.91. The minimum atomic E-state index is 0.828. The fourth-order valence-electron chi connectivity index (χ4n) is 2.03. The van der Waals surface area contributed by atoms with Gasteiger partial charge in [0.05, 0.1) is 0 Å². The summed E-state index contributed by atoms with van der Waals surface area (Å²) in [5.74, 6) is 1.11. The Balaban J connectivity index is 2.55. The highest BCUT2D eigenvalue weighted by molar-refractivity contribution is 7.99. The molecule has 0 fully saturated rings. The van der Waals surface area contributed by atoms with Gasteiger partial charge in [0.25, 0.3) is 0 Å². The summed E-state index contributed by atoms with van der Waals surface area (Å²) in [5.41, 5.74) is 1.35. The Kier molecular flexibility index (Phi) is 9.36. The lowest BCUT2D eigenvalue weighted by molar-refractivity contribution is 0.324. The van der Waals surface area contributed by atoms with Crippen molar-refractivity contribution >= 4 is 23.4 Å². The molecule has 114 valence electrons. The SMILES string of the molecule is CCCNCc1ccc(Cl)cc1SCCN(CC)CC. The van der Waals surface area contributed by atoms with Gasteiger partial charge in [-0.15, -0.1) is 11.8 Å². The lowest BCUT2D eigenvalue weighted by Crippen LogP contribution is -2.25. The summed E-state index contributed by atoms with van der Waals surface area (Å²) >= 11 is 8.04. The lowest BCUT2D eigenvalue weighted by atomic mass is 10.2. The molecule has 0 aromatic heterocycles. The Morgan fingerprint density at radius 3 is 2.60 bits per heavy atom. The number of hydrogen-bond acceptors (Lipinski definition) is 3. The van der Waals surface area contributed by atoms with Gasteiger partial charge in [-0.05, 0) is 43.8 Å². The van der Waals surface area contributed by atoms with Gasteiger partial charge in [0.1, 0.15) is 0 Å². The average molecular weight is 315 g/mol. The van der Waals surface area contributed by atoms with Crippen LogP contribution < -0.4 is 5.32 Å². The molecule has 0 aliphatic carbocycles. The zero-order valence-corrected chi connectivity index (χ0v) is 14.5. The van der Waals surface area contributed by atoms with Gasteiger partial charge in [-0.1, -0.05) is 38.4 Å². The van der Waals surface area contributed by atoms with Crippen LogP contribution in [0, 0.1) is 0 Å².